The molecular weight excluding hydrogens is 460 g/mol. The van der Waals surface area contributed by atoms with Crippen molar-refractivity contribution in [1.82, 2.24) is 0 Å². The molecule has 1 N–H and O–H groups in total. The molecule has 4 saturated carbocycles. The average molecular weight is 511 g/mol. The molecular formula is C29H50O7. The van der Waals surface area contributed by atoms with Crippen molar-refractivity contribution in [3.63, 3.8) is 0 Å². The van der Waals surface area contributed by atoms with Crippen LogP contribution in [0.1, 0.15) is 71.6 Å². The molecule has 0 saturated heterocycles. The summed E-state index contributed by atoms with van der Waals surface area (Å²) in [6, 6.07) is 0. The van der Waals surface area contributed by atoms with Crippen LogP contribution in [0.15, 0.2) is 0 Å². The summed E-state index contributed by atoms with van der Waals surface area (Å²) in [7, 11) is 0. The van der Waals surface area contributed by atoms with Crippen LogP contribution in [0.25, 0.3) is 0 Å². The van der Waals surface area contributed by atoms with Gasteiger partial charge in [0.15, 0.2) is 0 Å². The number of carbonyl (C=O) groups is 1. The van der Waals surface area contributed by atoms with Gasteiger partial charge >= 0.3 is 0 Å². The van der Waals surface area contributed by atoms with Gasteiger partial charge in [-0.15, -0.1) is 0 Å². The van der Waals surface area contributed by atoms with E-state index in [0.717, 1.165) is 43.4 Å². The van der Waals surface area contributed by atoms with Gasteiger partial charge in [-0.3, -0.25) is 4.79 Å². The standard InChI is InChI=1S/C29H50O7/c1-28-9-7-23(36-20-19-35-18-17-34-16-15-33-14-13-32-12-11-30)21-22(28)3-4-24-25-5-6-27(31)29(25,2)10-8-26(24)28/h22-26,30H,3-21H2,1-2H3/t22-,23-,24-,25-,26-,28-,29-/m0/s1. The zero-order valence-electron chi connectivity index (χ0n) is 22.7. The fourth-order valence-corrected chi connectivity index (χ4v) is 8.24. The minimum Gasteiger partial charge on any atom is -0.394 e. The Morgan fingerprint density at radius 1 is 0.750 bits per heavy atom. The van der Waals surface area contributed by atoms with E-state index in [2.05, 4.69) is 13.8 Å². The van der Waals surface area contributed by atoms with Crippen molar-refractivity contribution in [3.05, 3.63) is 0 Å². The first-order valence-electron chi connectivity index (χ1n) is 14.6. The van der Waals surface area contributed by atoms with E-state index in [1.54, 1.807) is 0 Å². The Morgan fingerprint density at radius 2 is 1.39 bits per heavy atom. The van der Waals surface area contributed by atoms with Gasteiger partial charge in [0.2, 0.25) is 0 Å². The van der Waals surface area contributed by atoms with Gasteiger partial charge in [-0.25, -0.2) is 0 Å². The van der Waals surface area contributed by atoms with E-state index in [0.29, 0.717) is 82.7 Å². The molecule has 0 unspecified atom stereocenters. The van der Waals surface area contributed by atoms with E-state index in [4.69, 9.17) is 28.8 Å². The number of hydrogen-bond donors (Lipinski definition) is 1. The van der Waals surface area contributed by atoms with Crippen molar-refractivity contribution in [2.24, 2.45) is 34.5 Å². The highest BCUT2D eigenvalue weighted by atomic mass is 16.6. The molecule has 0 spiro atoms. The Morgan fingerprint density at radius 3 is 2.06 bits per heavy atom. The van der Waals surface area contributed by atoms with E-state index in [1.807, 2.05) is 0 Å². The zero-order chi connectivity index (χ0) is 25.4. The summed E-state index contributed by atoms with van der Waals surface area (Å²) in [4.78, 5) is 12.6. The van der Waals surface area contributed by atoms with Crippen molar-refractivity contribution in [1.29, 1.82) is 0 Å². The molecule has 0 aromatic rings. The predicted octanol–water partition coefficient (Wildman–Crippen LogP) is 4.04. The number of hydrogen-bond acceptors (Lipinski definition) is 7. The van der Waals surface area contributed by atoms with Crippen LogP contribution in [0.2, 0.25) is 0 Å². The molecule has 0 bridgehead atoms. The number of carbonyl (C=O) groups excluding carboxylic acids is 1. The highest BCUT2D eigenvalue weighted by molar-refractivity contribution is 5.87. The van der Waals surface area contributed by atoms with E-state index in [-0.39, 0.29) is 12.0 Å². The van der Waals surface area contributed by atoms with Gasteiger partial charge < -0.3 is 28.8 Å². The van der Waals surface area contributed by atoms with Crippen LogP contribution in [-0.4, -0.2) is 83.1 Å². The number of fused-ring (bicyclic) bond motifs is 5. The predicted molar refractivity (Wildman–Crippen MR) is 137 cm³/mol. The number of aliphatic hydroxyl groups is 1. The third-order valence-corrected chi connectivity index (χ3v) is 10.3. The van der Waals surface area contributed by atoms with Crippen LogP contribution < -0.4 is 0 Å². The molecule has 0 heterocycles. The van der Waals surface area contributed by atoms with Gasteiger partial charge in [-0.2, -0.15) is 0 Å². The summed E-state index contributed by atoms with van der Waals surface area (Å²) < 4.78 is 28.0. The van der Waals surface area contributed by atoms with Gasteiger partial charge in [0.25, 0.3) is 0 Å². The fraction of sp³-hybridized carbons (Fsp3) is 0.966. The number of ether oxygens (including phenoxy) is 5. The monoisotopic (exact) mass is 510 g/mol. The molecule has 0 radical (unpaired) electrons. The summed E-state index contributed by atoms with van der Waals surface area (Å²) in [5.41, 5.74) is 0.416. The van der Waals surface area contributed by atoms with Crippen molar-refractivity contribution in [2.75, 3.05) is 66.1 Å². The maximum Gasteiger partial charge on any atom is 0.139 e. The third-order valence-electron chi connectivity index (χ3n) is 10.3. The van der Waals surface area contributed by atoms with Gasteiger partial charge in [0, 0.05) is 11.8 Å². The second kappa shape index (κ2) is 13.5. The van der Waals surface area contributed by atoms with Gasteiger partial charge in [-0.05, 0) is 80.5 Å². The fourth-order valence-electron chi connectivity index (χ4n) is 8.24. The smallest absolute Gasteiger partial charge is 0.139 e. The first-order chi connectivity index (χ1) is 17.5. The second-order valence-corrected chi connectivity index (χ2v) is 12.0. The molecule has 0 aromatic carbocycles. The summed E-state index contributed by atoms with van der Waals surface area (Å²) in [6.45, 7) is 9.73. The maximum absolute atomic E-state index is 12.6. The number of ketones is 1. The topological polar surface area (TPSA) is 83.5 Å². The molecule has 4 fully saturated rings. The van der Waals surface area contributed by atoms with Crippen LogP contribution in [0.3, 0.4) is 0 Å². The number of rotatable bonds is 15. The van der Waals surface area contributed by atoms with Crippen molar-refractivity contribution in [2.45, 2.75) is 77.7 Å². The lowest BCUT2D eigenvalue weighted by molar-refractivity contribution is -0.146. The van der Waals surface area contributed by atoms with E-state index >= 15 is 0 Å². The minimum absolute atomic E-state index is 0.0141. The molecule has 7 atom stereocenters. The van der Waals surface area contributed by atoms with Crippen LogP contribution in [0, 0.1) is 34.5 Å². The Kier molecular flexibility index (Phi) is 10.6. The van der Waals surface area contributed by atoms with E-state index in [1.165, 1.54) is 32.1 Å². The van der Waals surface area contributed by atoms with E-state index in [9.17, 15) is 4.79 Å². The Labute approximate surface area is 217 Å². The Balaban J connectivity index is 1.06. The van der Waals surface area contributed by atoms with Gasteiger partial charge in [0.05, 0.1) is 72.2 Å². The van der Waals surface area contributed by atoms with Gasteiger partial charge in [-0.1, -0.05) is 13.8 Å². The Bertz CT molecular complexity index is 687. The van der Waals surface area contributed by atoms with Crippen LogP contribution in [-0.2, 0) is 28.5 Å². The summed E-state index contributed by atoms with van der Waals surface area (Å²) in [5.74, 6) is 3.52. The first kappa shape index (κ1) is 28.4. The van der Waals surface area contributed by atoms with Crippen LogP contribution in [0.5, 0.6) is 0 Å². The highest BCUT2D eigenvalue weighted by Crippen LogP contribution is 2.65. The lowest BCUT2D eigenvalue weighted by Crippen LogP contribution is -2.54. The molecule has 208 valence electrons. The van der Waals surface area contributed by atoms with Crippen molar-refractivity contribution < 1.29 is 33.6 Å². The Hall–Kier alpha value is -0.570. The zero-order valence-corrected chi connectivity index (χ0v) is 22.7. The van der Waals surface area contributed by atoms with Crippen molar-refractivity contribution in [3.8, 4) is 0 Å². The third kappa shape index (κ3) is 6.52. The summed E-state index contributed by atoms with van der Waals surface area (Å²) in [6.07, 6.45) is 10.9. The average Bonchev–Trinajstić information content (AvgIpc) is 3.18. The van der Waals surface area contributed by atoms with Gasteiger partial charge in [0.1, 0.15) is 5.78 Å². The molecule has 0 aromatic heterocycles. The summed E-state index contributed by atoms with van der Waals surface area (Å²) in [5, 5.41) is 8.62. The molecule has 4 aliphatic carbocycles. The lowest BCUT2D eigenvalue weighted by atomic mass is 9.45. The molecule has 0 aliphatic heterocycles. The molecule has 7 nitrogen and oxygen atoms in total. The SMILES string of the molecule is C[C@]12CC[C@H](OCCOCCOCCOCCOCCO)C[C@@H]1CC[C@@H]1[C@@H]2CC[C@]2(C)C(=O)CC[C@@H]12. The molecule has 4 aliphatic rings. The minimum atomic E-state index is -0.0141. The number of Topliss-reactive ketones (excluding diaryl/α,β-unsaturated/α-hetero) is 1. The van der Waals surface area contributed by atoms with Crippen molar-refractivity contribution >= 4 is 5.78 Å². The maximum atomic E-state index is 12.6. The largest absolute Gasteiger partial charge is 0.394 e. The molecule has 36 heavy (non-hydrogen) atoms. The van der Waals surface area contributed by atoms with E-state index < -0.39 is 0 Å². The van der Waals surface area contributed by atoms with Crippen LogP contribution in [0.4, 0.5) is 0 Å². The molecule has 7 heteroatoms. The molecule has 4 rings (SSSR count). The highest BCUT2D eigenvalue weighted by Gasteiger charge is 2.60. The summed E-state index contributed by atoms with van der Waals surface area (Å²) >= 11 is 0. The normalized spacial score (nSPS) is 38.0. The van der Waals surface area contributed by atoms with Crippen LogP contribution >= 0.6 is 0 Å². The lowest BCUT2D eigenvalue weighted by Gasteiger charge is -2.60. The quantitative estimate of drug-likeness (QED) is 0.333. The number of aliphatic hydroxyl groups excluding tert-OH is 1. The molecule has 0 amide bonds. The first-order valence-corrected chi connectivity index (χ1v) is 14.6. The second-order valence-electron chi connectivity index (χ2n) is 12.0.